The number of nitrogens with zero attached hydrogens (tertiary/aromatic N) is 2. The van der Waals surface area contributed by atoms with Gasteiger partial charge < -0.3 is 10.3 Å². The number of halogens is 2. The van der Waals surface area contributed by atoms with Gasteiger partial charge in [-0.1, -0.05) is 11.6 Å². The Bertz CT molecular complexity index is 708. The highest BCUT2D eigenvalue weighted by Gasteiger charge is 2.21. The first-order valence-corrected chi connectivity index (χ1v) is 7.56. The standard InChI is InChI=1S/C15H19ClN4O.ClH/c1-9-6-20(7-10(2)17-9)8-14-18-13-4-3-11(16)5-12(13)15(21)19-14;/h3-5,9-10,17H,6-8H2,1-2H3,(H,18,19,21);1H. The van der Waals surface area contributed by atoms with Gasteiger partial charge in [-0.15, -0.1) is 12.4 Å². The number of piperazine rings is 1. The molecule has 1 aromatic carbocycles. The summed E-state index contributed by atoms with van der Waals surface area (Å²) in [6.07, 6.45) is 0. The maximum atomic E-state index is 12.1. The van der Waals surface area contributed by atoms with Gasteiger partial charge in [0, 0.05) is 30.2 Å². The van der Waals surface area contributed by atoms with Gasteiger partial charge in [0.25, 0.3) is 5.56 Å². The lowest BCUT2D eigenvalue weighted by molar-refractivity contribution is 0.163. The van der Waals surface area contributed by atoms with Gasteiger partial charge in [-0.3, -0.25) is 9.69 Å². The Hall–Kier alpha value is -1.14. The van der Waals surface area contributed by atoms with E-state index in [4.69, 9.17) is 11.6 Å². The molecule has 2 atom stereocenters. The Balaban J connectivity index is 0.00000176. The Morgan fingerprint density at radius 1 is 1.32 bits per heavy atom. The molecule has 2 N–H and O–H groups in total. The molecule has 0 radical (unpaired) electrons. The van der Waals surface area contributed by atoms with Crippen LogP contribution in [-0.4, -0.2) is 40.0 Å². The molecule has 1 fully saturated rings. The second-order valence-electron chi connectivity index (χ2n) is 5.84. The summed E-state index contributed by atoms with van der Waals surface area (Å²) in [5.74, 6) is 0.705. The van der Waals surface area contributed by atoms with Crippen molar-refractivity contribution in [3.8, 4) is 0 Å². The van der Waals surface area contributed by atoms with E-state index in [-0.39, 0.29) is 18.0 Å². The smallest absolute Gasteiger partial charge is 0.258 e. The van der Waals surface area contributed by atoms with Crippen LogP contribution in [0.25, 0.3) is 10.9 Å². The van der Waals surface area contributed by atoms with E-state index < -0.39 is 0 Å². The summed E-state index contributed by atoms with van der Waals surface area (Å²) < 4.78 is 0. The van der Waals surface area contributed by atoms with Crippen molar-refractivity contribution in [2.75, 3.05) is 13.1 Å². The van der Waals surface area contributed by atoms with Crippen molar-refractivity contribution in [1.82, 2.24) is 20.2 Å². The van der Waals surface area contributed by atoms with Crippen molar-refractivity contribution in [3.05, 3.63) is 39.4 Å². The first kappa shape index (κ1) is 17.2. The van der Waals surface area contributed by atoms with Gasteiger partial charge in [-0.05, 0) is 32.0 Å². The molecule has 1 aliphatic heterocycles. The molecular formula is C15H20Cl2N4O. The highest BCUT2D eigenvalue weighted by Crippen LogP contribution is 2.15. The van der Waals surface area contributed by atoms with Crippen molar-refractivity contribution < 1.29 is 0 Å². The fraction of sp³-hybridized carbons (Fsp3) is 0.467. The third-order valence-electron chi connectivity index (χ3n) is 3.72. The minimum absolute atomic E-state index is 0. The van der Waals surface area contributed by atoms with Crippen molar-refractivity contribution >= 4 is 34.9 Å². The van der Waals surface area contributed by atoms with E-state index in [0.29, 0.717) is 40.4 Å². The molecule has 3 rings (SSSR count). The molecule has 7 heteroatoms. The maximum Gasteiger partial charge on any atom is 0.258 e. The number of aromatic nitrogens is 2. The molecule has 0 aliphatic carbocycles. The zero-order valence-corrected chi connectivity index (χ0v) is 14.2. The van der Waals surface area contributed by atoms with E-state index in [1.165, 1.54) is 0 Å². The second kappa shape index (κ2) is 6.96. The molecule has 5 nitrogen and oxygen atoms in total. The normalized spacial score (nSPS) is 22.5. The topological polar surface area (TPSA) is 61.0 Å². The fourth-order valence-electron chi connectivity index (χ4n) is 3.02. The second-order valence-corrected chi connectivity index (χ2v) is 6.27. The Kier molecular flexibility index (Phi) is 5.45. The van der Waals surface area contributed by atoms with Gasteiger partial charge in [0.1, 0.15) is 5.82 Å². The number of nitrogens with one attached hydrogen (secondary N) is 2. The number of rotatable bonds is 2. The van der Waals surface area contributed by atoms with E-state index in [1.54, 1.807) is 18.2 Å². The summed E-state index contributed by atoms with van der Waals surface area (Å²) >= 11 is 5.92. The first-order valence-electron chi connectivity index (χ1n) is 7.18. The minimum Gasteiger partial charge on any atom is -0.309 e. The van der Waals surface area contributed by atoms with Crippen molar-refractivity contribution in [2.24, 2.45) is 0 Å². The first-order chi connectivity index (χ1) is 10.0. The van der Waals surface area contributed by atoms with E-state index in [9.17, 15) is 4.79 Å². The average Bonchev–Trinajstić information content (AvgIpc) is 2.38. The van der Waals surface area contributed by atoms with Crippen LogP contribution in [0, 0.1) is 0 Å². The molecule has 1 saturated heterocycles. The minimum atomic E-state index is -0.131. The molecule has 2 heterocycles. The molecule has 1 aliphatic rings. The highest BCUT2D eigenvalue weighted by atomic mass is 35.5. The number of H-pyrrole nitrogens is 1. The van der Waals surface area contributed by atoms with Crippen molar-refractivity contribution in [2.45, 2.75) is 32.5 Å². The van der Waals surface area contributed by atoms with Gasteiger partial charge in [-0.25, -0.2) is 4.98 Å². The predicted molar refractivity (Wildman–Crippen MR) is 92.0 cm³/mol. The fourth-order valence-corrected chi connectivity index (χ4v) is 3.19. The highest BCUT2D eigenvalue weighted by molar-refractivity contribution is 6.31. The Morgan fingerprint density at radius 2 is 2.00 bits per heavy atom. The van der Waals surface area contributed by atoms with Crippen LogP contribution in [-0.2, 0) is 6.54 Å². The molecule has 1 aromatic heterocycles. The van der Waals surface area contributed by atoms with Gasteiger partial charge >= 0.3 is 0 Å². The van der Waals surface area contributed by atoms with Crippen molar-refractivity contribution in [1.29, 1.82) is 0 Å². The van der Waals surface area contributed by atoms with E-state index in [0.717, 1.165) is 13.1 Å². The van der Waals surface area contributed by atoms with Gasteiger partial charge in [-0.2, -0.15) is 0 Å². The SMILES string of the molecule is CC1CN(Cc2nc3ccc(Cl)cc3c(=O)[nH]2)CC(C)N1.Cl. The van der Waals surface area contributed by atoms with Crippen LogP contribution in [0.4, 0.5) is 0 Å². The third-order valence-corrected chi connectivity index (χ3v) is 3.96. The summed E-state index contributed by atoms with van der Waals surface area (Å²) in [5.41, 5.74) is 0.558. The number of benzene rings is 1. The van der Waals surface area contributed by atoms with E-state index in [2.05, 4.69) is 34.0 Å². The van der Waals surface area contributed by atoms with Crippen LogP contribution in [0.2, 0.25) is 5.02 Å². The van der Waals surface area contributed by atoms with E-state index in [1.807, 2.05) is 0 Å². The number of hydrogen-bond acceptors (Lipinski definition) is 4. The molecular weight excluding hydrogens is 323 g/mol. The predicted octanol–water partition coefficient (Wildman–Crippen LogP) is 2.18. The number of aromatic amines is 1. The molecule has 2 aromatic rings. The maximum absolute atomic E-state index is 12.1. The lowest BCUT2D eigenvalue weighted by Gasteiger charge is -2.35. The summed E-state index contributed by atoms with van der Waals surface area (Å²) in [7, 11) is 0. The van der Waals surface area contributed by atoms with Gasteiger partial charge in [0.15, 0.2) is 0 Å². The zero-order valence-electron chi connectivity index (χ0n) is 12.6. The molecule has 120 valence electrons. The Labute approximate surface area is 140 Å². The van der Waals surface area contributed by atoms with Crippen molar-refractivity contribution in [3.63, 3.8) is 0 Å². The number of fused-ring (bicyclic) bond motifs is 1. The lowest BCUT2D eigenvalue weighted by atomic mass is 10.1. The monoisotopic (exact) mass is 342 g/mol. The molecule has 0 saturated carbocycles. The quantitative estimate of drug-likeness (QED) is 0.878. The molecule has 0 amide bonds. The molecule has 0 bridgehead atoms. The number of hydrogen-bond donors (Lipinski definition) is 2. The van der Waals surface area contributed by atoms with Crippen LogP contribution < -0.4 is 10.9 Å². The van der Waals surface area contributed by atoms with Crippen LogP contribution in [0.3, 0.4) is 0 Å². The summed E-state index contributed by atoms with van der Waals surface area (Å²) in [5, 5.41) is 4.58. The molecule has 0 spiro atoms. The van der Waals surface area contributed by atoms with Crippen LogP contribution in [0.5, 0.6) is 0 Å². The summed E-state index contributed by atoms with van der Waals surface area (Å²) in [4.78, 5) is 21.9. The van der Waals surface area contributed by atoms with Gasteiger partial charge in [0.2, 0.25) is 0 Å². The average molecular weight is 343 g/mol. The van der Waals surface area contributed by atoms with E-state index >= 15 is 0 Å². The van der Waals surface area contributed by atoms with Crippen LogP contribution in [0.1, 0.15) is 19.7 Å². The summed E-state index contributed by atoms with van der Waals surface area (Å²) in [6.45, 7) is 6.89. The zero-order chi connectivity index (χ0) is 15.0. The largest absolute Gasteiger partial charge is 0.309 e. The van der Waals surface area contributed by atoms with Crippen LogP contribution >= 0.6 is 24.0 Å². The molecule has 2 unspecified atom stereocenters. The third kappa shape index (κ3) is 3.79. The molecule has 22 heavy (non-hydrogen) atoms. The Morgan fingerprint density at radius 3 is 2.68 bits per heavy atom. The lowest BCUT2D eigenvalue weighted by Crippen LogP contribution is -2.53. The summed E-state index contributed by atoms with van der Waals surface area (Å²) in [6, 6.07) is 6.09. The van der Waals surface area contributed by atoms with Gasteiger partial charge in [0.05, 0.1) is 17.4 Å². The van der Waals surface area contributed by atoms with Crippen LogP contribution in [0.15, 0.2) is 23.0 Å².